The molecule has 0 bridgehead atoms. The standard InChI is InChI=1S/C25H31N3O4/c1-3-32-22-11-10-18(15-23(22)31-2)16-26-24(29)12-13-25(30)28-17-19-7-6-14-27(19)20-8-4-5-9-21(20)28/h4-5,8-11,15,19H,3,6-7,12-14,16-17H2,1-2H3,(H,26,29)/t19-/m1/s1. The van der Waals surface area contributed by atoms with Crippen molar-refractivity contribution in [2.45, 2.75) is 45.2 Å². The summed E-state index contributed by atoms with van der Waals surface area (Å²) >= 11 is 0. The van der Waals surface area contributed by atoms with E-state index < -0.39 is 0 Å². The van der Waals surface area contributed by atoms with Gasteiger partial charge in [0.05, 0.1) is 25.1 Å². The Labute approximate surface area is 189 Å². The Morgan fingerprint density at radius 3 is 2.69 bits per heavy atom. The first-order valence-corrected chi connectivity index (χ1v) is 11.3. The van der Waals surface area contributed by atoms with Gasteiger partial charge in [-0.1, -0.05) is 18.2 Å². The number of ether oxygens (including phenoxy) is 2. The van der Waals surface area contributed by atoms with Crippen molar-refractivity contribution in [1.29, 1.82) is 0 Å². The number of carbonyl (C=O) groups is 2. The Balaban J connectivity index is 1.32. The SMILES string of the molecule is CCOc1ccc(CNC(=O)CCC(=O)N2C[C@H]3CCCN3c3ccccc32)cc1OC. The van der Waals surface area contributed by atoms with Crippen molar-refractivity contribution in [2.24, 2.45) is 0 Å². The molecule has 1 atom stereocenters. The second-order valence-electron chi connectivity index (χ2n) is 8.18. The monoisotopic (exact) mass is 437 g/mol. The Morgan fingerprint density at radius 1 is 1.09 bits per heavy atom. The van der Waals surface area contributed by atoms with Gasteiger partial charge in [-0.2, -0.15) is 0 Å². The van der Waals surface area contributed by atoms with Crippen LogP contribution in [0.3, 0.4) is 0 Å². The van der Waals surface area contributed by atoms with E-state index in [1.54, 1.807) is 7.11 Å². The summed E-state index contributed by atoms with van der Waals surface area (Å²) in [6, 6.07) is 14.0. The van der Waals surface area contributed by atoms with Crippen molar-refractivity contribution in [3.8, 4) is 11.5 Å². The van der Waals surface area contributed by atoms with Crippen molar-refractivity contribution in [3.05, 3.63) is 48.0 Å². The van der Waals surface area contributed by atoms with Gasteiger partial charge in [0, 0.05) is 38.5 Å². The maximum atomic E-state index is 13.0. The van der Waals surface area contributed by atoms with Gasteiger partial charge in [0.1, 0.15) is 0 Å². The minimum absolute atomic E-state index is 0.00175. The van der Waals surface area contributed by atoms with Crippen LogP contribution in [0, 0.1) is 0 Å². The summed E-state index contributed by atoms with van der Waals surface area (Å²) in [4.78, 5) is 29.7. The molecule has 0 aromatic heterocycles. The van der Waals surface area contributed by atoms with Crippen molar-refractivity contribution in [2.75, 3.05) is 36.6 Å². The number of benzene rings is 2. The zero-order valence-electron chi connectivity index (χ0n) is 18.8. The number of amides is 2. The number of hydrogen-bond acceptors (Lipinski definition) is 5. The number of nitrogens with zero attached hydrogens (tertiary/aromatic N) is 2. The van der Waals surface area contributed by atoms with Gasteiger partial charge in [-0.05, 0) is 49.6 Å². The van der Waals surface area contributed by atoms with Gasteiger partial charge in [0.15, 0.2) is 11.5 Å². The molecule has 1 saturated heterocycles. The second-order valence-corrected chi connectivity index (χ2v) is 8.18. The van der Waals surface area contributed by atoms with Crippen LogP contribution in [0.1, 0.15) is 38.2 Å². The molecule has 32 heavy (non-hydrogen) atoms. The molecule has 0 saturated carbocycles. The minimum atomic E-state index is -0.140. The smallest absolute Gasteiger partial charge is 0.227 e. The lowest BCUT2D eigenvalue weighted by molar-refractivity contribution is -0.125. The molecular formula is C25H31N3O4. The van der Waals surface area contributed by atoms with Crippen LogP contribution in [-0.4, -0.2) is 44.7 Å². The van der Waals surface area contributed by atoms with Gasteiger partial charge in [-0.3, -0.25) is 9.59 Å². The lowest BCUT2D eigenvalue weighted by Crippen LogP contribution is -2.48. The Hall–Kier alpha value is -3.22. The van der Waals surface area contributed by atoms with E-state index in [0.29, 0.717) is 37.2 Å². The highest BCUT2D eigenvalue weighted by Crippen LogP contribution is 2.39. The first kappa shape index (κ1) is 22.0. The molecular weight excluding hydrogens is 406 g/mol. The Morgan fingerprint density at radius 2 is 1.91 bits per heavy atom. The Kier molecular flexibility index (Phi) is 6.83. The van der Waals surface area contributed by atoms with Gasteiger partial charge in [-0.25, -0.2) is 0 Å². The molecule has 170 valence electrons. The first-order valence-electron chi connectivity index (χ1n) is 11.3. The molecule has 2 amide bonds. The predicted octanol–water partition coefficient (Wildman–Crippen LogP) is 3.51. The second kappa shape index (κ2) is 9.94. The van der Waals surface area contributed by atoms with Crippen LogP contribution in [0.15, 0.2) is 42.5 Å². The molecule has 0 unspecified atom stereocenters. The highest BCUT2D eigenvalue weighted by Gasteiger charge is 2.35. The van der Waals surface area contributed by atoms with E-state index in [9.17, 15) is 9.59 Å². The number of hydrogen-bond donors (Lipinski definition) is 1. The first-order chi connectivity index (χ1) is 15.6. The largest absolute Gasteiger partial charge is 0.493 e. The zero-order chi connectivity index (χ0) is 22.5. The van der Waals surface area contributed by atoms with E-state index in [4.69, 9.17) is 9.47 Å². The molecule has 1 fully saturated rings. The molecule has 4 rings (SSSR count). The minimum Gasteiger partial charge on any atom is -0.493 e. The molecule has 2 aromatic carbocycles. The zero-order valence-corrected chi connectivity index (χ0v) is 18.8. The van der Waals surface area contributed by atoms with Crippen molar-refractivity contribution >= 4 is 23.2 Å². The highest BCUT2D eigenvalue weighted by atomic mass is 16.5. The normalized spacial score (nSPS) is 16.9. The van der Waals surface area contributed by atoms with Crippen molar-refractivity contribution in [3.63, 3.8) is 0 Å². The Bertz CT molecular complexity index is 977. The molecule has 1 N–H and O–H groups in total. The number of carbonyl (C=O) groups excluding carboxylic acids is 2. The quantitative estimate of drug-likeness (QED) is 0.684. The van der Waals surface area contributed by atoms with Gasteiger partial charge in [-0.15, -0.1) is 0 Å². The fourth-order valence-electron chi connectivity index (χ4n) is 4.56. The van der Waals surface area contributed by atoms with E-state index >= 15 is 0 Å². The van der Waals surface area contributed by atoms with Crippen molar-refractivity contribution in [1.82, 2.24) is 5.32 Å². The summed E-state index contributed by atoms with van der Waals surface area (Å²) in [6.07, 6.45) is 2.61. The number of methoxy groups -OCH3 is 1. The third-order valence-corrected chi connectivity index (χ3v) is 6.14. The number of anilines is 2. The fourth-order valence-corrected chi connectivity index (χ4v) is 4.56. The molecule has 0 radical (unpaired) electrons. The molecule has 2 aromatic rings. The summed E-state index contributed by atoms with van der Waals surface area (Å²) in [5, 5.41) is 2.90. The maximum Gasteiger partial charge on any atom is 0.227 e. The van der Waals surface area contributed by atoms with Gasteiger partial charge in [0.2, 0.25) is 11.8 Å². The highest BCUT2D eigenvalue weighted by molar-refractivity contribution is 5.99. The molecule has 7 heteroatoms. The van der Waals surface area contributed by atoms with Gasteiger partial charge < -0.3 is 24.6 Å². The average Bonchev–Trinajstić information content (AvgIpc) is 3.30. The lowest BCUT2D eigenvalue weighted by Gasteiger charge is -2.40. The predicted molar refractivity (Wildman–Crippen MR) is 124 cm³/mol. The van der Waals surface area contributed by atoms with Crippen LogP contribution in [0.5, 0.6) is 11.5 Å². The fraction of sp³-hybridized carbons (Fsp3) is 0.440. The summed E-state index contributed by atoms with van der Waals surface area (Å²) in [5.41, 5.74) is 3.00. The molecule has 2 heterocycles. The lowest BCUT2D eigenvalue weighted by atomic mass is 10.1. The number of para-hydroxylation sites is 2. The third kappa shape index (κ3) is 4.66. The molecule has 0 spiro atoms. The molecule has 2 aliphatic heterocycles. The van der Waals surface area contributed by atoms with E-state index in [-0.39, 0.29) is 24.7 Å². The molecule has 7 nitrogen and oxygen atoms in total. The molecule has 0 aliphatic carbocycles. The van der Waals surface area contributed by atoms with Gasteiger partial charge >= 0.3 is 0 Å². The number of fused-ring (bicyclic) bond motifs is 3. The van der Waals surface area contributed by atoms with Crippen LogP contribution in [0.4, 0.5) is 11.4 Å². The van der Waals surface area contributed by atoms with Crippen LogP contribution in [-0.2, 0) is 16.1 Å². The number of rotatable bonds is 8. The van der Waals surface area contributed by atoms with E-state index in [1.165, 1.54) is 0 Å². The topological polar surface area (TPSA) is 71.1 Å². The van der Waals surface area contributed by atoms with E-state index in [1.807, 2.05) is 48.2 Å². The van der Waals surface area contributed by atoms with Crippen LogP contribution >= 0.6 is 0 Å². The van der Waals surface area contributed by atoms with E-state index in [0.717, 1.165) is 36.3 Å². The van der Waals surface area contributed by atoms with Crippen LogP contribution in [0.25, 0.3) is 0 Å². The summed E-state index contributed by atoms with van der Waals surface area (Å²) in [5.74, 6) is 1.18. The number of nitrogens with one attached hydrogen (secondary N) is 1. The summed E-state index contributed by atoms with van der Waals surface area (Å²) in [7, 11) is 1.59. The van der Waals surface area contributed by atoms with Crippen LogP contribution < -0.4 is 24.6 Å². The average molecular weight is 438 g/mol. The maximum absolute atomic E-state index is 13.0. The summed E-state index contributed by atoms with van der Waals surface area (Å²) < 4.78 is 10.9. The molecule has 2 aliphatic rings. The third-order valence-electron chi connectivity index (χ3n) is 6.14. The summed E-state index contributed by atoms with van der Waals surface area (Å²) in [6.45, 7) is 4.59. The van der Waals surface area contributed by atoms with Crippen molar-refractivity contribution < 1.29 is 19.1 Å². The van der Waals surface area contributed by atoms with Gasteiger partial charge in [0.25, 0.3) is 0 Å². The van der Waals surface area contributed by atoms with E-state index in [2.05, 4.69) is 16.3 Å². The van der Waals surface area contributed by atoms with Crippen LogP contribution in [0.2, 0.25) is 0 Å².